The third-order valence-corrected chi connectivity index (χ3v) is 4.95. The van der Waals surface area contributed by atoms with Gasteiger partial charge in [-0.05, 0) is 42.8 Å². The van der Waals surface area contributed by atoms with E-state index in [1.54, 1.807) is 24.5 Å². The van der Waals surface area contributed by atoms with E-state index >= 15 is 0 Å². The third kappa shape index (κ3) is 3.74. The molecule has 3 heterocycles. The van der Waals surface area contributed by atoms with Gasteiger partial charge in [0.15, 0.2) is 0 Å². The molecular weight excluding hydrogens is 350 g/mol. The fraction of sp³-hybridized carbons (Fsp3) is 0.300. The fourth-order valence-corrected chi connectivity index (χ4v) is 3.56. The predicted octanol–water partition coefficient (Wildman–Crippen LogP) is 3.83. The van der Waals surface area contributed by atoms with E-state index in [-0.39, 0.29) is 5.91 Å². The van der Waals surface area contributed by atoms with Gasteiger partial charge in [0.2, 0.25) is 0 Å². The molecule has 0 saturated carbocycles. The van der Waals surface area contributed by atoms with Crippen LogP contribution in [0.4, 0.5) is 0 Å². The van der Waals surface area contributed by atoms with E-state index in [1.165, 1.54) is 0 Å². The molecule has 26 heavy (non-hydrogen) atoms. The van der Waals surface area contributed by atoms with Gasteiger partial charge in [-0.2, -0.15) is 0 Å². The van der Waals surface area contributed by atoms with Gasteiger partial charge in [0.25, 0.3) is 5.91 Å². The number of nitrogens with zero attached hydrogens (tertiary/aromatic N) is 3. The summed E-state index contributed by atoms with van der Waals surface area (Å²) < 4.78 is 5.92. The zero-order valence-corrected chi connectivity index (χ0v) is 15.2. The maximum atomic E-state index is 12.6. The molecule has 1 saturated heterocycles. The Morgan fingerprint density at radius 1 is 1.08 bits per heavy atom. The number of hydrogen-bond donors (Lipinski definition) is 0. The molecule has 0 atom stereocenters. The summed E-state index contributed by atoms with van der Waals surface area (Å²) in [5, 5.41) is 1.74. The third-order valence-electron chi connectivity index (χ3n) is 4.71. The summed E-state index contributed by atoms with van der Waals surface area (Å²) in [5.41, 5.74) is 1.55. The molecule has 1 aliphatic heterocycles. The topological polar surface area (TPSA) is 49.6 Å². The van der Waals surface area contributed by atoms with E-state index in [0.717, 1.165) is 49.3 Å². The minimum Gasteiger partial charge on any atom is -0.460 e. The first-order valence-corrected chi connectivity index (χ1v) is 9.16. The van der Waals surface area contributed by atoms with Crippen LogP contribution in [0.25, 0.3) is 11.0 Å². The molecule has 3 aromatic rings. The number of halogens is 1. The van der Waals surface area contributed by atoms with Gasteiger partial charge in [0.1, 0.15) is 11.3 Å². The van der Waals surface area contributed by atoms with Crippen LogP contribution in [-0.2, 0) is 6.54 Å². The Hall–Kier alpha value is -2.37. The summed E-state index contributed by atoms with van der Waals surface area (Å²) in [7, 11) is 0. The smallest absolute Gasteiger partial charge is 0.254 e. The Kier molecular flexibility index (Phi) is 4.91. The van der Waals surface area contributed by atoms with Gasteiger partial charge >= 0.3 is 0 Å². The maximum absolute atomic E-state index is 12.6. The summed E-state index contributed by atoms with van der Waals surface area (Å²) in [4.78, 5) is 20.8. The lowest BCUT2D eigenvalue weighted by atomic mass is 10.2. The number of furan rings is 1. The Balaban J connectivity index is 1.41. The van der Waals surface area contributed by atoms with E-state index in [1.807, 2.05) is 29.2 Å². The van der Waals surface area contributed by atoms with Crippen LogP contribution in [0.3, 0.4) is 0 Å². The van der Waals surface area contributed by atoms with Gasteiger partial charge in [-0.1, -0.05) is 11.6 Å². The summed E-state index contributed by atoms with van der Waals surface area (Å²) in [5.74, 6) is 1.00. The normalized spacial score (nSPS) is 16.0. The van der Waals surface area contributed by atoms with E-state index < -0.39 is 0 Å². The van der Waals surface area contributed by atoms with Crippen LogP contribution < -0.4 is 0 Å². The van der Waals surface area contributed by atoms with E-state index in [4.69, 9.17) is 16.0 Å². The Labute approximate surface area is 157 Å². The molecule has 0 N–H and O–H groups in total. The standard InChI is InChI=1S/C20H20ClN3O2/c21-17-2-3-19-16(12-17)13-18(26-19)14-23-8-1-9-24(11-10-23)20(25)15-4-6-22-7-5-15/h2-7,12-13H,1,8-11,14H2. The average molecular weight is 370 g/mol. The first kappa shape index (κ1) is 17.1. The summed E-state index contributed by atoms with van der Waals surface area (Å²) in [6.07, 6.45) is 4.26. The van der Waals surface area contributed by atoms with Crippen molar-refractivity contribution in [2.45, 2.75) is 13.0 Å². The molecular formula is C20H20ClN3O2. The second-order valence-electron chi connectivity index (χ2n) is 6.55. The van der Waals surface area contributed by atoms with Crippen LogP contribution in [0, 0.1) is 0 Å². The highest BCUT2D eigenvalue weighted by Crippen LogP contribution is 2.24. The van der Waals surface area contributed by atoms with Gasteiger partial charge in [0.05, 0.1) is 6.54 Å². The van der Waals surface area contributed by atoms with Crippen molar-refractivity contribution in [1.82, 2.24) is 14.8 Å². The molecule has 1 aliphatic rings. The highest BCUT2D eigenvalue weighted by atomic mass is 35.5. The maximum Gasteiger partial charge on any atom is 0.254 e. The van der Waals surface area contributed by atoms with E-state index in [9.17, 15) is 4.79 Å². The van der Waals surface area contributed by atoms with Crippen molar-refractivity contribution in [3.63, 3.8) is 0 Å². The second-order valence-corrected chi connectivity index (χ2v) is 6.99. The van der Waals surface area contributed by atoms with Crippen LogP contribution in [-0.4, -0.2) is 46.9 Å². The van der Waals surface area contributed by atoms with Crippen molar-refractivity contribution in [2.24, 2.45) is 0 Å². The van der Waals surface area contributed by atoms with Gasteiger partial charge in [-0.3, -0.25) is 14.7 Å². The molecule has 134 valence electrons. The van der Waals surface area contributed by atoms with Crippen LogP contribution in [0.2, 0.25) is 5.02 Å². The van der Waals surface area contributed by atoms with Crippen LogP contribution in [0.5, 0.6) is 0 Å². The van der Waals surface area contributed by atoms with Crippen molar-refractivity contribution in [2.75, 3.05) is 26.2 Å². The zero-order chi connectivity index (χ0) is 17.9. The highest BCUT2D eigenvalue weighted by Gasteiger charge is 2.21. The Morgan fingerprint density at radius 3 is 2.77 bits per heavy atom. The molecule has 2 aromatic heterocycles. The number of rotatable bonds is 3. The highest BCUT2D eigenvalue weighted by molar-refractivity contribution is 6.31. The van der Waals surface area contributed by atoms with Gasteiger partial charge in [0, 0.05) is 54.5 Å². The monoisotopic (exact) mass is 369 g/mol. The molecule has 6 heteroatoms. The average Bonchev–Trinajstić information content (AvgIpc) is 2.90. The van der Waals surface area contributed by atoms with Crippen LogP contribution in [0.15, 0.2) is 53.2 Å². The minimum atomic E-state index is 0.0765. The lowest BCUT2D eigenvalue weighted by Crippen LogP contribution is -2.35. The van der Waals surface area contributed by atoms with Crippen LogP contribution in [0.1, 0.15) is 22.5 Å². The number of aromatic nitrogens is 1. The molecule has 1 amide bonds. The number of benzene rings is 1. The zero-order valence-electron chi connectivity index (χ0n) is 14.4. The van der Waals surface area contributed by atoms with E-state index in [0.29, 0.717) is 17.1 Å². The first-order valence-electron chi connectivity index (χ1n) is 8.79. The number of pyridine rings is 1. The molecule has 0 aliphatic carbocycles. The van der Waals surface area contributed by atoms with E-state index in [2.05, 4.69) is 9.88 Å². The lowest BCUT2D eigenvalue weighted by molar-refractivity contribution is 0.0760. The number of carbonyl (C=O) groups excluding carboxylic acids is 1. The Bertz CT molecular complexity index is 910. The quantitative estimate of drug-likeness (QED) is 0.704. The van der Waals surface area contributed by atoms with Gasteiger partial charge in [-0.15, -0.1) is 0 Å². The second kappa shape index (κ2) is 7.48. The van der Waals surface area contributed by atoms with Crippen molar-refractivity contribution in [3.05, 3.63) is 65.1 Å². The molecule has 1 aromatic carbocycles. The van der Waals surface area contributed by atoms with Crippen LogP contribution >= 0.6 is 11.6 Å². The first-order chi connectivity index (χ1) is 12.7. The SMILES string of the molecule is O=C(c1ccncc1)N1CCCN(Cc2cc3cc(Cl)ccc3o2)CC1. The van der Waals surface area contributed by atoms with Crippen molar-refractivity contribution in [3.8, 4) is 0 Å². The molecule has 0 radical (unpaired) electrons. The minimum absolute atomic E-state index is 0.0765. The number of carbonyl (C=O) groups is 1. The molecule has 0 unspecified atom stereocenters. The van der Waals surface area contributed by atoms with Gasteiger partial charge in [-0.25, -0.2) is 0 Å². The van der Waals surface area contributed by atoms with Crippen molar-refractivity contribution in [1.29, 1.82) is 0 Å². The number of hydrogen-bond acceptors (Lipinski definition) is 4. The summed E-state index contributed by atoms with van der Waals surface area (Å²) in [6.45, 7) is 4.00. The molecule has 0 spiro atoms. The summed E-state index contributed by atoms with van der Waals surface area (Å²) in [6, 6.07) is 11.2. The molecule has 0 bridgehead atoms. The molecule has 4 rings (SSSR count). The molecule has 1 fully saturated rings. The number of amides is 1. The van der Waals surface area contributed by atoms with Crippen molar-refractivity contribution >= 4 is 28.5 Å². The number of fused-ring (bicyclic) bond motifs is 1. The van der Waals surface area contributed by atoms with Crippen molar-refractivity contribution < 1.29 is 9.21 Å². The Morgan fingerprint density at radius 2 is 1.92 bits per heavy atom. The summed E-state index contributed by atoms with van der Waals surface area (Å²) >= 11 is 6.04. The molecule has 5 nitrogen and oxygen atoms in total. The largest absolute Gasteiger partial charge is 0.460 e. The predicted molar refractivity (Wildman–Crippen MR) is 101 cm³/mol. The lowest BCUT2D eigenvalue weighted by Gasteiger charge is -2.21. The fourth-order valence-electron chi connectivity index (χ4n) is 3.38. The van der Waals surface area contributed by atoms with Gasteiger partial charge < -0.3 is 9.32 Å².